The van der Waals surface area contributed by atoms with E-state index in [0.29, 0.717) is 13.0 Å². The van der Waals surface area contributed by atoms with Crippen LogP contribution in [0.3, 0.4) is 0 Å². The van der Waals surface area contributed by atoms with Crippen molar-refractivity contribution in [2.75, 3.05) is 24.5 Å². The van der Waals surface area contributed by atoms with Crippen LogP contribution in [0.25, 0.3) is 0 Å². The molecule has 0 aliphatic carbocycles. The van der Waals surface area contributed by atoms with Crippen LogP contribution in [-0.4, -0.2) is 31.6 Å². The van der Waals surface area contributed by atoms with Crippen LogP contribution in [0.15, 0.2) is 24.3 Å². The number of nitrogens with one attached hydrogen (secondary N) is 2. The lowest BCUT2D eigenvalue weighted by molar-refractivity contribution is -0.121. The molecule has 1 heterocycles. The van der Waals surface area contributed by atoms with Crippen molar-refractivity contribution in [3.8, 4) is 0 Å². The minimum Gasteiger partial charge on any atom is -0.371 e. The van der Waals surface area contributed by atoms with E-state index >= 15 is 0 Å². The van der Waals surface area contributed by atoms with E-state index in [9.17, 15) is 4.79 Å². The van der Waals surface area contributed by atoms with Crippen LogP contribution in [0.1, 0.15) is 38.7 Å². The number of benzene rings is 1. The maximum Gasteiger partial charge on any atom is 0.221 e. The van der Waals surface area contributed by atoms with Gasteiger partial charge in [0.2, 0.25) is 5.91 Å². The number of anilines is 1. The number of nitrogens with zero attached hydrogens (tertiary/aromatic N) is 1. The number of rotatable bonds is 7. The molecule has 1 aliphatic heterocycles. The van der Waals surface area contributed by atoms with E-state index in [1.807, 2.05) is 13.8 Å². The predicted octanol–water partition coefficient (Wildman–Crippen LogP) is 2.29. The molecule has 1 amide bonds. The number of hydrogen-bond acceptors (Lipinski definition) is 3. The average Bonchev–Trinajstić information content (AvgIpc) is 2.97. The molecule has 0 saturated carbocycles. The molecule has 1 aromatic carbocycles. The summed E-state index contributed by atoms with van der Waals surface area (Å²) in [6, 6.07) is 8.78. The first-order valence-electron chi connectivity index (χ1n) is 8.00. The largest absolute Gasteiger partial charge is 0.371 e. The zero-order valence-electron chi connectivity index (χ0n) is 13.2. The normalized spacial score (nSPS) is 14.7. The molecule has 4 heteroatoms. The molecule has 21 heavy (non-hydrogen) atoms. The summed E-state index contributed by atoms with van der Waals surface area (Å²) in [4.78, 5) is 14.0. The molecule has 0 bridgehead atoms. The van der Waals surface area contributed by atoms with Crippen LogP contribution in [0, 0.1) is 0 Å². The summed E-state index contributed by atoms with van der Waals surface area (Å²) in [6.07, 6.45) is 3.11. The van der Waals surface area contributed by atoms with E-state index < -0.39 is 0 Å². The molecule has 1 aliphatic rings. The molecule has 4 nitrogen and oxygen atoms in total. The Kier molecular flexibility index (Phi) is 6.05. The lowest BCUT2D eigenvalue weighted by Gasteiger charge is -2.21. The van der Waals surface area contributed by atoms with Crippen LogP contribution < -0.4 is 15.5 Å². The first-order chi connectivity index (χ1) is 10.2. The van der Waals surface area contributed by atoms with Gasteiger partial charge in [-0.2, -0.15) is 0 Å². The van der Waals surface area contributed by atoms with Gasteiger partial charge in [-0.15, -0.1) is 0 Å². The van der Waals surface area contributed by atoms with Crippen LogP contribution in [0.2, 0.25) is 0 Å². The maximum atomic E-state index is 11.6. The van der Waals surface area contributed by atoms with E-state index in [0.717, 1.165) is 19.6 Å². The van der Waals surface area contributed by atoms with E-state index in [-0.39, 0.29) is 11.9 Å². The Morgan fingerprint density at radius 2 is 1.95 bits per heavy atom. The number of carbonyl (C=O) groups is 1. The second-order valence-electron chi connectivity index (χ2n) is 5.97. The fourth-order valence-electron chi connectivity index (χ4n) is 2.75. The van der Waals surface area contributed by atoms with Gasteiger partial charge in [0.05, 0.1) is 0 Å². The van der Waals surface area contributed by atoms with Crippen LogP contribution >= 0.6 is 0 Å². The predicted molar refractivity (Wildman–Crippen MR) is 87.5 cm³/mol. The highest BCUT2D eigenvalue weighted by Crippen LogP contribution is 2.24. The molecule has 1 fully saturated rings. The zero-order valence-corrected chi connectivity index (χ0v) is 13.2. The minimum absolute atomic E-state index is 0.116. The van der Waals surface area contributed by atoms with Crippen molar-refractivity contribution in [1.82, 2.24) is 10.6 Å². The van der Waals surface area contributed by atoms with Crippen molar-refractivity contribution in [3.05, 3.63) is 29.8 Å². The Morgan fingerprint density at radius 3 is 2.67 bits per heavy atom. The molecule has 1 saturated heterocycles. The number of amides is 1. The number of hydrogen-bond donors (Lipinski definition) is 2. The lowest BCUT2D eigenvalue weighted by Crippen LogP contribution is -2.32. The van der Waals surface area contributed by atoms with Gasteiger partial charge in [-0.3, -0.25) is 4.79 Å². The SMILES string of the molecule is CC(C)NC(=O)CCNCc1ccccc1N1CCCC1. The van der Waals surface area contributed by atoms with Crippen molar-refractivity contribution in [2.24, 2.45) is 0 Å². The molecule has 2 rings (SSSR count). The summed E-state index contributed by atoms with van der Waals surface area (Å²) in [6.45, 7) is 7.82. The third kappa shape index (κ3) is 5.05. The van der Waals surface area contributed by atoms with Gasteiger partial charge in [0.15, 0.2) is 0 Å². The van der Waals surface area contributed by atoms with Crippen molar-refractivity contribution < 1.29 is 4.79 Å². The Hall–Kier alpha value is -1.55. The Bertz CT molecular complexity index is 453. The van der Waals surface area contributed by atoms with Crippen LogP contribution in [0.4, 0.5) is 5.69 Å². The first kappa shape index (κ1) is 15.8. The van der Waals surface area contributed by atoms with Gasteiger partial charge in [-0.25, -0.2) is 0 Å². The standard InChI is InChI=1S/C17H27N3O/c1-14(2)19-17(21)9-10-18-13-15-7-3-4-8-16(15)20-11-5-6-12-20/h3-4,7-8,14,18H,5-6,9-13H2,1-2H3,(H,19,21). The van der Waals surface area contributed by atoms with Gasteiger partial charge in [0.25, 0.3) is 0 Å². The highest BCUT2D eigenvalue weighted by atomic mass is 16.1. The molecule has 1 aromatic rings. The molecule has 116 valence electrons. The van der Waals surface area contributed by atoms with Crippen molar-refractivity contribution in [1.29, 1.82) is 0 Å². The van der Waals surface area contributed by atoms with Crippen molar-refractivity contribution in [3.63, 3.8) is 0 Å². The van der Waals surface area contributed by atoms with Gasteiger partial charge < -0.3 is 15.5 Å². The molecule has 2 N–H and O–H groups in total. The average molecular weight is 289 g/mol. The molecular formula is C17H27N3O. The quantitative estimate of drug-likeness (QED) is 0.757. The van der Waals surface area contributed by atoms with Gasteiger partial charge in [-0.1, -0.05) is 18.2 Å². The van der Waals surface area contributed by atoms with E-state index in [1.54, 1.807) is 0 Å². The number of carbonyl (C=O) groups excluding carboxylic acids is 1. The monoisotopic (exact) mass is 289 g/mol. The van der Waals surface area contributed by atoms with Gasteiger partial charge >= 0.3 is 0 Å². The summed E-state index contributed by atoms with van der Waals surface area (Å²) >= 11 is 0. The second kappa shape index (κ2) is 8.03. The molecule has 0 radical (unpaired) electrons. The molecule has 0 unspecified atom stereocenters. The molecule has 0 spiro atoms. The highest BCUT2D eigenvalue weighted by Gasteiger charge is 2.14. The van der Waals surface area contributed by atoms with Crippen LogP contribution in [0.5, 0.6) is 0 Å². The Morgan fingerprint density at radius 1 is 1.24 bits per heavy atom. The molecule has 0 atom stereocenters. The van der Waals surface area contributed by atoms with Crippen molar-refractivity contribution >= 4 is 11.6 Å². The third-order valence-corrected chi connectivity index (χ3v) is 3.73. The maximum absolute atomic E-state index is 11.6. The summed E-state index contributed by atoms with van der Waals surface area (Å²) in [5, 5.41) is 6.29. The van der Waals surface area contributed by atoms with Gasteiger partial charge in [-0.05, 0) is 38.3 Å². The summed E-state index contributed by atoms with van der Waals surface area (Å²) in [7, 11) is 0. The zero-order chi connectivity index (χ0) is 15.1. The fraction of sp³-hybridized carbons (Fsp3) is 0.588. The smallest absolute Gasteiger partial charge is 0.221 e. The van der Waals surface area contributed by atoms with Crippen LogP contribution in [-0.2, 0) is 11.3 Å². The molecule has 0 aromatic heterocycles. The van der Waals surface area contributed by atoms with Gasteiger partial charge in [0, 0.05) is 44.3 Å². The van der Waals surface area contributed by atoms with E-state index in [4.69, 9.17) is 0 Å². The van der Waals surface area contributed by atoms with E-state index in [2.05, 4.69) is 39.8 Å². The first-order valence-corrected chi connectivity index (χ1v) is 8.00. The lowest BCUT2D eigenvalue weighted by atomic mass is 10.1. The summed E-state index contributed by atoms with van der Waals surface area (Å²) in [5.41, 5.74) is 2.66. The fourth-order valence-corrected chi connectivity index (χ4v) is 2.75. The third-order valence-electron chi connectivity index (χ3n) is 3.73. The molecular weight excluding hydrogens is 262 g/mol. The van der Waals surface area contributed by atoms with E-state index in [1.165, 1.54) is 24.1 Å². The number of para-hydroxylation sites is 1. The second-order valence-corrected chi connectivity index (χ2v) is 5.97. The summed E-state index contributed by atoms with van der Waals surface area (Å²) in [5.74, 6) is 0.116. The topological polar surface area (TPSA) is 44.4 Å². The Balaban J connectivity index is 1.79. The van der Waals surface area contributed by atoms with Gasteiger partial charge in [0.1, 0.15) is 0 Å². The summed E-state index contributed by atoms with van der Waals surface area (Å²) < 4.78 is 0. The highest BCUT2D eigenvalue weighted by molar-refractivity contribution is 5.76. The Labute approximate surface area is 127 Å². The minimum atomic E-state index is 0.116. The van der Waals surface area contributed by atoms with Crippen molar-refractivity contribution in [2.45, 2.75) is 45.7 Å².